The lowest BCUT2D eigenvalue weighted by molar-refractivity contribution is -0.138. The van der Waals surface area contributed by atoms with E-state index >= 15 is 0 Å². The van der Waals surface area contributed by atoms with Crippen molar-refractivity contribution in [3.05, 3.63) is 12.7 Å². The molecule has 0 unspecified atom stereocenters. The van der Waals surface area contributed by atoms with E-state index in [4.69, 9.17) is 0 Å². The van der Waals surface area contributed by atoms with E-state index in [9.17, 15) is 9.59 Å². The maximum Gasteiger partial charge on any atom is 0.330 e. The summed E-state index contributed by atoms with van der Waals surface area (Å²) in [5.41, 5.74) is 0. The molecule has 0 bridgehead atoms. The summed E-state index contributed by atoms with van der Waals surface area (Å²) in [6, 6.07) is 0. The molecular formula is C7H10O4. The van der Waals surface area contributed by atoms with Crippen LogP contribution in [0.5, 0.6) is 0 Å². The van der Waals surface area contributed by atoms with Gasteiger partial charge in [-0.2, -0.15) is 0 Å². The van der Waals surface area contributed by atoms with Crippen LogP contribution in [-0.2, 0) is 19.1 Å². The summed E-state index contributed by atoms with van der Waals surface area (Å²) >= 11 is 0. The molecule has 0 aliphatic carbocycles. The van der Waals surface area contributed by atoms with E-state index in [1.165, 1.54) is 0 Å². The standard InChI is InChI=1S/C7H10O4/c1-2-7(9)11-5-3-4-10-6-8/h2,6H,1,3-5H2. The van der Waals surface area contributed by atoms with Gasteiger partial charge in [0, 0.05) is 12.5 Å². The van der Waals surface area contributed by atoms with Gasteiger partial charge in [-0.25, -0.2) is 4.79 Å². The Bertz CT molecular complexity index is 141. The van der Waals surface area contributed by atoms with Gasteiger partial charge in [-0.3, -0.25) is 4.79 Å². The van der Waals surface area contributed by atoms with E-state index in [-0.39, 0.29) is 13.2 Å². The first-order chi connectivity index (χ1) is 5.31. The molecule has 4 nitrogen and oxygen atoms in total. The molecule has 62 valence electrons. The Morgan fingerprint density at radius 2 is 2.18 bits per heavy atom. The number of hydrogen-bond donors (Lipinski definition) is 0. The summed E-state index contributed by atoms with van der Waals surface area (Å²) in [6.45, 7) is 4.09. The van der Waals surface area contributed by atoms with Crippen molar-refractivity contribution >= 4 is 12.4 Å². The molecule has 0 N–H and O–H groups in total. The molecule has 0 aliphatic heterocycles. The van der Waals surface area contributed by atoms with Gasteiger partial charge in [-0.15, -0.1) is 0 Å². The van der Waals surface area contributed by atoms with E-state index in [0.717, 1.165) is 6.08 Å². The van der Waals surface area contributed by atoms with Crippen LogP contribution in [0, 0.1) is 0 Å². The fourth-order valence-corrected chi connectivity index (χ4v) is 0.422. The molecule has 0 radical (unpaired) electrons. The number of esters is 1. The van der Waals surface area contributed by atoms with Crippen LogP contribution in [-0.4, -0.2) is 25.7 Å². The highest BCUT2D eigenvalue weighted by Crippen LogP contribution is 1.84. The topological polar surface area (TPSA) is 52.6 Å². The average molecular weight is 158 g/mol. The Hall–Kier alpha value is -1.32. The van der Waals surface area contributed by atoms with Gasteiger partial charge in [0.1, 0.15) is 0 Å². The third-order valence-electron chi connectivity index (χ3n) is 0.886. The monoisotopic (exact) mass is 158 g/mol. The largest absolute Gasteiger partial charge is 0.468 e. The highest BCUT2D eigenvalue weighted by molar-refractivity contribution is 5.81. The molecular weight excluding hydrogens is 148 g/mol. The molecule has 0 amide bonds. The summed E-state index contributed by atoms with van der Waals surface area (Å²) in [4.78, 5) is 20.0. The average Bonchev–Trinajstić information content (AvgIpc) is 2.04. The molecule has 0 aromatic rings. The minimum Gasteiger partial charge on any atom is -0.468 e. The highest BCUT2D eigenvalue weighted by Gasteiger charge is 1.93. The number of ether oxygens (including phenoxy) is 2. The van der Waals surface area contributed by atoms with Gasteiger partial charge in [-0.1, -0.05) is 6.58 Å². The Morgan fingerprint density at radius 3 is 2.73 bits per heavy atom. The first kappa shape index (κ1) is 9.68. The molecule has 0 rings (SSSR count). The lowest BCUT2D eigenvalue weighted by atomic mass is 10.5. The number of rotatable bonds is 6. The van der Waals surface area contributed by atoms with Crippen molar-refractivity contribution in [2.24, 2.45) is 0 Å². The molecule has 0 aliphatic rings. The van der Waals surface area contributed by atoms with Crippen molar-refractivity contribution in [3.63, 3.8) is 0 Å². The summed E-state index contributed by atoms with van der Waals surface area (Å²) in [7, 11) is 0. The van der Waals surface area contributed by atoms with Gasteiger partial charge >= 0.3 is 5.97 Å². The molecule has 0 fully saturated rings. The van der Waals surface area contributed by atoms with E-state index in [1.807, 2.05) is 0 Å². The Labute approximate surface area is 64.8 Å². The van der Waals surface area contributed by atoms with E-state index in [2.05, 4.69) is 16.1 Å². The molecule has 0 spiro atoms. The van der Waals surface area contributed by atoms with Crippen molar-refractivity contribution < 1.29 is 19.1 Å². The molecule has 4 heteroatoms. The third-order valence-corrected chi connectivity index (χ3v) is 0.886. The number of hydrogen-bond acceptors (Lipinski definition) is 4. The first-order valence-electron chi connectivity index (χ1n) is 3.15. The Kier molecular flexibility index (Phi) is 5.98. The van der Waals surface area contributed by atoms with Crippen LogP contribution >= 0.6 is 0 Å². The van der Waals surface area contributed by atoms with Gasteiger partial charge in [0.15, 0.2) is 0 Å². The number of carbonyl (C=O) groups excluding carboxylic acids is 2. The fraction of sp³-hybridized carbons (Fsp3) is 0.429. The summed E-state index contributed by atoms with van der Waals surface area (Å²) in [5.74, 6) is -0.462. The van der Waals surface area contributed by atoms with E-state index < -0.39 is 5.97 Å². The second-order valence-electron chi connectivity index (χ2n) is 1.69. The van der Waals surface area contributed by atoms with Crippen molar-refractivity contribution in [2.75, 3.05) is 13.2 Å². The van der Waals surface area contributed by atoms with Crippen molar-refractivity contribution in [1.82, 2.24) is 0 Å². The smallest absolute Gasteiger partial charge is 0.330 e. The SMILES string of the molecule is C=CC(=O)OCCCOC=O. The molecule has 0 heterocycles. The van der Waals surface area contributed by atoms with Gasteiger partial charge < -0.3 is 9.47 Å². The number of carbonyl (C=O) groups is 2. The Balaban J connectivity index is 3.07. The van der Waals surface area contributed by atoms with Crippen LogP contribution in [0.2, 0.25) is 0 Å². The zero-order chi connectivity index (χ0) is 8.53. The second-order valence-corrected chi connectivity index (χ2v) is 1.69. The maximum atomic E-state index is 10.4. The molecule has 0 aromatic carbocycles. The summed E-state index contributed by atoms with van der Waals surface area (Å²) in [6.07, 6.45) is 1.60. The lowest BCUT2D eigenvalue weighted by Gasteiger charge is -1.99. The molecule has 0 aromatic heterocycles. The van der Waals surface area contributed by atoms with Crippen LogP contribution in [0.25, 0.3) is 0 Å². The van der Waals surface area contributed by atoms with Crippen LogP contribution in [0.4, 0.5) is 0 Å². The minimum atomic E-state index is -0.462. The zero-order valence-corrected chi connectivity index (χ0v) is 6.12. The summed E-state index contributed by atoms with van der Waals surface area (Å²) < 4.78 is 8.94. The molecule has 0 saturated carbocycles. The van der Waals surface area contributed by atoms with Crippen molar-refractivity contribution in [2.45, 2.75) is 6.42 Å². The van der Waals surface area contributed by atoms with Crippen molar-refractivity contribution in [3.8, 4) is 0 Å². The molecule has 0 saturated heterocycles. The second kappa shape index (κ2) is 6.80. The third kappa shape index (κ3) is 6.57. The first-order valence-corrected chi connectivity index (χ1v) is 3.15. The lowest BCUT2D eigenvalue weighted by Crippen LogP contribution is -2.04. The predicted molar refractivity (Wildman–Crippen MR) is 37.8 cm³/mol. The van der Waals surface area contributed by atoms with E-state index in [0.29, 0.717) is 12.9 Å². The van der Waals surface area contributed by atoms with Crippen LogP contribution < -0.4 is 0 Å². The van der Waals surface area contributed by atoms with Crippen LogP contribution in [0.15, 0.2) is 12.7 Å². The molecule has 0 atom stereocenters. The van der Waals surface area contributed by atoms with Gasteiger partial charge in [0.25, 0.3) is 6.47 Å². The van der Waals surface area contributed by atoms with Gasteiger partial charge in [0.2, 0.25) is 0 Å². The van der Waals surface area contributed by atoms with Crippen molar-refractivity contribution in [1.29, 1.82) is 0 Å². The molecule has 11 heavy (non-hydrogen) atoms. The summed E-state index contributed by atoms with van der Waals surface area (Å²) in [5, 5.41) is 0. The highest BCUT2D eigenvalue weighted by atomic mass is 16.5. The van der Waals surface area contributed by atoms with Crippen LogP contribution in [0.3, 0.4) is 0 Å². The zero-order valence-electron chi connectivity index (χ0n) is 6.12. The quantitative estimate of drug-likeness (QED) is 0.241. The van der Waals surface area contributed by atoms with Crippen LogP contribution in [0.1, 0.15) is 6.42 Å². The maximum absolute atomic E-state index is 10.4. The Morgan fingerprint density at radius 1 is 1.45 bits per heavy atom. The van der Waals surface area contributed by atoms with E-state index in [1.54, 1.807) is 0 Å². The normalized spacial score (nSPS) is 8.36. The van der Waals surface area contributed by atoms with Gasteiger partial charge in [-0.05, 0) is 0 Å². The fourth-order valence-electron chi connectivity index (χ4n) is 0.422. The van der Waals surface area contributed by atoms with Gasteiger partial charge in [0.05, 0.1) is 13.2 Å². The predicted octanol–water partition coefficient (Wildman–Crippen LogP) is 0.279. The minimum absolute atomic E-state index is 0.249.